The highest BCUT2D eigenvalue weighted by Gasteiger charge is 2.30. The van der Waals surface area contributed by atoms with Crippen LogP contribution in [0.15, 0.2) is 59.1 Å². The maximum absolute atomic E-state index is 12.8. The first-order valence-corrected chi connectivity index (χ1v) is 10.5. The van der Waals surface area contributed by atoms with Gasteiger partial charge in [-0.2, -0.15) is 18.2 Å². The molecule has 3 aromatic rings. The largest absolute Gasteiger partial charge is 0.416 e. The predicted molar refractivity (Wildman–Crippen MR) is 117 cm³/mol. The summed E-state index contributed by atoms with van der Waals surface area (Å²) in [5.74, 6) is 0.819. The van der Waals surface area contributed by atoms with Gasteiger partial charge < -0.3 is 9.42 Å². The SMILES string of the molecule is Cc1ccc(-c2noc(CN3CCN(C(=O)/C=C/c4cccc(C(F)(F)F)c4)CC3)n2)cc1. The zero-order valence-corrected chi connectivity index (χ0v) is 18.0. The highest BCUT2D eigenvalue weighted by atomic mass is 19.4. The van der Waals surface area contributed by atoms with Gasteiger partial charge in [0.1, 0.15) is 0 Å². The van der Waals surface area contributed by atoms with Crippen molar-refractivity contribution in [1.29, 1.82) is 0 Å². The van der Waals surface area contributed by atoms with E-state index in [0.717, 1.165) is 23.3 Å². The van der Waals surface area contributed by atoms with E-state index in [1.54, 1.807) is 4.90 Å². The van der Waals surface area contributed by atoms with Gasteiger partial charge in [0, 0.05) is 37.8 Å². The second-order valence-corrected chi connectivity index (χ2v) is 7.94. The number of hydrogen-bond acceptors (Lipinski definition) is 5. The number of rotatable bonds is 5. The minimum atomic E-state index is -4.41. The molecule has 33 heavy (non-hydrogen) atoms. The molecule has 0 unspecified atom stereocenters. The molecule has 1 amide bonds. The van der Waals surface area contributed by atoms with Crippen LogP contribution < -0.4 is 0 Å². The minimum absolute atomic E-state index is 0.230. The molecule has 0 aliphatic carbocycles. The maximum Gasteiger partial charge on any atom is 0.416 e. The summed E-state index contributed by atoms with van der Waals surface area (Å²) in [7, 11) is 0. The number of amides is 1. The van der Waals surface area contributed by atoms with Gasteiger partial charge in [-0.25, -0.2) is 0 Å². The molecule has 1 aliphatic heterocycles. The first kappa shape index (κ1) is 22.7. The van der Waals surface area contributed by atoms with Crippen LogP contribution in [0.3, 0.4) is 0 Å². The van der Waals surface area contributed by atoms with E-state index in [-0.39, 0.29) is 5.91 Å². The van der Waals surface area contributed by atoms with Crippen LogP contribution in [0.4, 0.5) is 13.2 Å². The van der Waals surface area contributed by atoms with E-state index in [1.165, 1.54) is 24.3 Å². The fourth-order valence-corrected chi connectivity index (χ4v) is 3.55. The zero-order valence-electron chi connectivity index (χ0n) is 18.0. The molecule has 172 valence electrons. The van der Waals surface area contributed by atoms with Gasteiger partial charge in [0.05, 0.1) is 12.1 Å². The maximum atomic E-state index is 12.8. The molecule has 0 N–H and O–H groups in total. The van der Waals surface area contributed by atoms with Gasteiger partial charge in [0.15, 0.2) is 0 Å². The second-order valence-electron chi connectivity index (χ2n) is 7.94. The van der Waals surface area contributed by atoms with Gasteiger partial charge in [0.2, 0.25) is 17.6 Å². The molecule has 0 spiro atoms. The number of aromatic nitrogens is 2. The van der Waals surface area contributed by atoms with Crippen LogP contribution in [0.1, 0.15) is 22.6 Å². The molecule has 0 radical (unpaired) electrons. The smallest absolute Gasteiger partial charge is 0.338 e. The van der Waals surface area contributed by atoms with Crippen molar-refractivity contribution in [3.63, 3.8) is 0 Å². The van der Waals surface area contributed by atoms with E-state index in [9.17, 15) is 18.0 Å². The Hall–Kier alpha value is -3.46. The van der Waals surface area contributed by atoms with Crippen molar-refractivity contribution < 1.29 is 22.5 Å². The number of hydrogen-bond donors (Lipinski definition) is 0. The summed E-state index contributed by atoms with van der Waals surface area (Å²) in [4.78, 5) is 20.7. The fourth-order valence-electron chi connectivity index (χ4n) is 3.55. The molecule has 0 bridgehead atoms. The fraction of sp³-hybridized carbons (Fsp3) is 0.292. The van der Waals surface area contributed by atoms with Crippen molar-refractivity contribution in [2.45, 2.75) is 19.6 Å². The van der Waals surface area contributed by atoms with E-state index in [4.69, 9.17) is 4.52 Å². The van der Waals surface area contributed by atoms with Gasteiger partial charge in [0.25, 0.3) is 0 Å². The van der Waals surface area contributed by atoms with Crippen molar-refractivity contribution in [2.75, 3.05) is 26.2 Å². The predicted octanol–water partition coefficient (Wildman–Crippen LogP) is 4.42. The summed E-state index contributed by atoms with van der Waals surface area (Å²) in [6, 6.07) is 12.8. The van der Waals surface area contributed by atoms with Crippen molar-refractivity contribution in [2.24, 2.45) is 0 Å². The number of alkyl halides is 3. The number of nitrogens with zero attached hydrogens (tertiary/aromatic N) is 4. The van der Waals surface area contributed by atoms with Crippen LogP contribution in [0, 0.1) is 6.92 Å². The lowest BCUT2D eigenvalue weighted by Crippen LogP contribution is -2.47. The summed E-state index contributed by atoms with van der Waals surface area (Å²) in [6.45, 7) is 4.77. The molecule has 1 saturated heterocycles. The average molecular weight is 456 g/mol. The van der Waals surface area contributed by atoms with Gasteiger partial charge >= 0.3 is 6.18 Å². The zero-order chi connectivity index (χ0) is 23.4. The van der Waals surface area contributed by atoms with Crippen molar-refractivity contribution in [1.82, 2.24) is 19.9 Å². The molecule has 4 rings (SSSR count). The molecule has 0 saturated carbocycles. The Kier molecular flexibility index (Phi) is 6.60. The highest BCUT2D eigenvalue weighted by Crippen LogP contribution is 2.29. The lowest BCUT2D eigenvalue weighted by Gasteiger charge is -2.33. The third-order valence-corrected chi connectivity index (χ3v) is 5.45. The molecular weight excluding hydrogens is 433 g/mol. The van der Waals surface area contributed by atoms with E-state index in [2.05, 4.69) is 15.0 Å². The van der Waals surface area contributed by atoms with E-state index < -0.39 is 11.7 Å². The van der Waals surface area contributed by atoms with Gasteiger partial charge in [-0.3, -0.25) is 9.69 Å². The first-order valence-electron chi connectivity index (χ1n) is 10.5. The monoisotopic (exact) mass is 456 g/mol. The van der Waals surface area contributed by atoms with Crippen molar-refractivity contribution in [3.8, 4) is 11.4 Å². The molecule has 1 fully saturated rings. The number of aryl methyl sites for hydroxylation is 1. The summed E-state index contributed by atoms with van der Waals surface area (Å²) in [6.07, 6.45) is -1.69. The molecule has 2 heterocycles. The molecule has 6 nitrogen and oxygen atoms in total. The Bertz CT molecular complexity index is 1130. The van der Waals surface area contributed by atoms with Gasteiger partial charge in [-0.05, 0) is 30.7 Å². The lowest BCUT2D eigenvalue weighted by atomic mass is 10.1. The number of benzene rings is 2. The molecule has 9 heteroatoms. The Balaban J connectivity index is 1.29. The van der Waals surface area contributed by atoms with E-state index in [0.29, 0.717) is 50.0 Å². The molecule has 1 aliphatic rings. The van der Waals surface area contributed by atoms with Crippen LogP contribution in [0.25, 0.3) is 17.5 Å². The van der Waals surface area contributed by atoms with Crippen LogP contribution in [-0.4, -0.2) is 52.0 Å². The summed E-state index contributed by atoms with van der Waals surface area (Å²) in [5, 5.41) is 4.04. The van der Waals surface area contributed by atoms with Gasteiger partial charge in [-0.15, -0.1) is 0 Å². The third kappa shape index (κ3) is 5.87. The molecular formula is C24H23F3N4O2. The Labute approximate surface area is 189 Å². The summed E-state index contributed by atoms with van der Waals surface area (Å²) in [5.41, 5.74) is 1.63. The van der Waals surface area contributed by atoms with Crippen LogP contribution in [-0.2, 0) is 17.5 Å². The van der Waals surface area contributed by atoms with E-state index in [1.807, 2.05) is 31.2 Å². The van der Waals surface area contributed by atoms with Crippen LogP contribution in [0.2, 0.25) is 0 Å². The van der Waals surface area contributed by atoms with Crippen molar-refractivity contribution >= 4 is 12.0 Å². The van der Waals surface area contributed by atoms with Crippen molar-refractivity contribution in [3.05, 3.63) is 77.2 Å². The molecule has 2 aromatic carbocycles. The first-order chi connectivity index (χ1) is 15.8. The number of piperazine rings is 1. The lowest BCUT2D eigenvalue weighted by molar-refractivity contribution is -0.137. The topological polar surface area (TPSA) is 62.5 Å². The van der Waals surface area contributed by atoms with Crippen LogP contribution in [0.5, 0.6) is 0 Å². The summed E-state index contributed by atoms with van der Waals surface area (Å²) < 4.78 is 43.9. The third-order valence-electron chi connectivity index (χ3n) is 5.45. The number of halogens is 3. The normalized spacial score (nSPS) is 15.3. The summed E-state index contributed by atoms with van der Waals surface area (Å²) >= 11 is 0. The highest BCUT2D eigenvalue weighted by molar-refractivity contribution is 5.91. The molecule has 0 atom stereocenters. The number of carbonyl (C=O) groups excluding carboxylic acids is 1. The standard InChI is InChI=1S/C24H23F3N4O2/c1-17-5-8-19(9-6-17)23-28-21(33-29-23)16-30-11-13-31(14-12-30)22(32)10-7-18-3-2-4-20(15-18)24(25,26)27/h2-10,15H,11-14,16H2,1H3/b10-7+. The quantitative estimate of drug-likeness (QED) is 0.532. The van der Waals surface area contributed by atoms with Crippen LogP contribution >= 0.6 is 0 Å². The Morgan fingerprint density at radius 3 is 2.52 bits per heavy atom. The minimum Gasteiger partial charge on any atom is -0.338 e. The Morgan fingerprint density at radius 1 is 1.09 bits per heavy atom. The Morgan fingerprint density at radius 2 is 1.82 bits per heavy atom. The van der Waals surface area contributed by atoms with Gasteiger partial charge in [-0.1, -0.05) is 47.1 Å². The average Bonchev–Trinajstić information content (AvgIpc) is 3.26. The molecule has 1 aromatic heterocycles. The van der Waals surface area contributed by atoms with E-state index >= 15 is 0 Å². The number of carbonyl (C=O) groups is 1. The second kappa shape index (κ2) is 9.58.